The molecule has 0 aliphatic heterocycles. The maximum atomic E-state index is 13.4. The summed E-state index contributed by atoms with van der Waals surface area (Å²) in [5.74, 6) is -2.67. The van der Waals surface area contributed by atoms with E-state index in [1.807, 2.05) is 50.2 Å². The standard InChI is InChI=1S/C29H37N3O6/c1-19(2)16-24(27(35)36)31-25(33)22(17-20-12-8-6-9-13-20)30-26(34)23(18-21-14-10-7-11-15-21)32-28(37)38-29(3,4)5/h6-15,19,23-24H,16-18H2,1-5H3,(H,31,33)(H,32,37)(H,35,36). The minimum Gasteiger partial charge on any atom is -0.480 e. The van der Waals surface area contributed by atoms with Crippen molar-refractivity contribution in [1.82, 2.24) is 10.6 Å². The number of carboxylic acid groups (broad SMARTS) is 1. The second-order valence-corrected chi connectivity index (χ2v) is 10.4. The molecule has 0 aliphatic carbocycles. The van der Waals surface area contributed by atoms with Crippen LogP contribution in [0.3, 0.4) is 0 Å². The number of carbonyl (C=O) groups excluding carboxylic acids is 3. The molecule has 0 saturated carbocycles. The first kappa shape index (κ1) is 30.2. The highest BCUT2D eigenvalue weighted by Crippen LogP contribution is 2.11. The van der Waals surface area contributed by atoms with Gasteiger partial charge in [0.2, 0.25) is 0 Å². The van der Waals surface area contributed by atoms with Gasteiger partial charge in [-0.2, -0.15) is 0 Å². The minimum atomic E-state index is -1.18. The van der Waals surface area contributed by atoms with Gasteiger partial charge in [0.25, 0.3) is 11.8 Å². The Morgan fingerprint density at radius 3 is 1.92 bits per heavy atom. The third-order valence-electron chi connectivity index (χ3n) is 5.30. The first-order chi connectivity index (χ1) is 17.8. The summed E-state index contributed by atoms with van der Waals surface area (Å²) in [5.41, 5.74) is 0.549. The SMILES string of the molecule is CC(C)CC(NC(=O)C(Cc1ccccc1)=NC(=O)C(Cc1ccccc1)NC(=O)OC(C)(C)C)C(=O)O. The van der Waals surface area contributed by atoms with Gasteiger partial charge < -0.3 is 20.5 Å². The van der Waals surface area contributed by atoms with Gasteiger partial charge in [-0.1, -0.05) is 74.5 Å². The van der Waals surface area contributed by atoms with Gasteiger partial charge in [-0.3, -0.25) is 9.59 Å². The fourth-order valence-corrected chi connectivity index (χ4v) is 3.60. The van der Waals surface area contributed by atoms with E-state index in [1.165, 1.54) is 0 Å². The maximum Gasteiger partial charge on any atom is 0.408 e. The average molecular weight is 524 g/mol. The lowest BCUT2D eigenvalue weighted by Crippen LogP contribution is -2.47. The molecule has 2 unspecified atom stereocenters. The van der Waals surface area contributed by atoms with Gasteiger partial charge in [0.05, 0.1) is 0 Å². The number of amides is 3. The van der Waals surface area contributed by atoms with Crippen LogP contribution in [0.15, 0.2) is 65.7 Å². The number of nitrogens with zero attached hydrogens (tertiary/aromatic N) is 1. The van der Waals surface area contributed by atoms with Crippen LogP contribution in [-0.2, 0) is 32.0 Å². The highest BCUT2D eigenvalue weighted by Gasteiger charge is 2.28. The van der Waals surface area contributed by atoms with Crippen LogP contribution in [0, 0.1) is 5.92 Å². The second kappa shape index (κ2) is 14.1. The van der Waals surface area contributed by atoms with E-state index in [0.717, 1.165) is 5.56 Å². The van der Waals surface area contributed by atoms with Crippen molar-refractivity contribution < 1.29 is 29.0 Å². The number of ether oxygens (including phenoxy) is 1. The van der Waals surface area contributed by atoms with Crippen molar-refractivity contribution >= 4 is 29.6 Å². The number of alkyl carbamates (subject to hydrolysis) is 1. The van der Waals surface area contributed by atoms with E-state index in [1.54, 1.807) is 45.0 Å². The lowest BCUT2D eigenvalue weighted by Gasteiger charge is -2.22. The van der Waals surface area contributed by atoms with E-state index in [9.17, 15) is 24.3 Å². The van der Waals surface area contributed by atoms with Crippen LogP contribution in [0.25, 0.3) is 0 Å². The monoisotopic (exact) mass is 523 g/mol. The molecule has 3 N–H and O–H groups in total. The van der Waals surface area contributed by atoms with Crippen LogP contribution in [0.5, 0.6) is 0 Å². The summed E-state index contributed by atoms with van der Waals surface area (Å²) in [7, 11) is 0. The first-order valence-corrected chi connectivity index (χ1v) is 12.6. The molecule has 204 valence electrons. The molecule has 2 aromatic carbocycles. The molecule has 2 aromatic rings. The van der Waals surface area contributed by atoms with Gasteiger partial charge >= 0.3 is 12.1 Å². The third kappa shape index (κ3) is 10.9. The number of carbonyl (C=O) groups is 4. The van der Waals surface area contributed by atoms with E-state index >= 15 is 0 Å². The van der Waals surface area contributed by atoms with E-state index in [-0.39, 0.29) is 30.9 Å². The molecule has 3 amide bonds. The van der Waals surface area contributed by atoms with Crippen molar-refractivity contribution in [2.45, 2.75) is 71.6 Å². The Balaban J connectivity index is 2.39. The summed E-state index contributed by atoms with van der Waals surface area (Å²) in [5, 5.41) is 14.7. The van der Waals surface area contributed by atoms with Gasteiger partial charge in [0.15, 0.2) is 0 Å². The summed E-state index contributed by atoms with van der Waals surface area (Å²) in [6, 6.07) is 15.7. The number of carboxylic acids is 1. The quantitative estimate of drug-likeness (QED) is 0.382. The maximum absolute atomic E-state index is 13.4. The van der Waals surface area contributed by atoms with Crippen molar-refractivity contribution in [3.63, 3.8) is 0 Å². The molecule has 0 heterocycles. The van der Waals surface area contributed by atoms with Crippen molar-refractivity contribution in [2.75, 3.05) is 0 Å². The first-order valence-electron chi connectivity index (χ1n) is 12.6. The minimum absolute atomic E-state index is 0.00305. The molecule has 0 bridgehead atoms. The van der Waals surface area contributed by atoms with Crippen LogP contribution in [-0.4, -0.2) is 52.4 Å². The highest BCUT2D eigenvalue weighted by atomic mass is 16.6. The number of aliphatic imine (C=N–C) groups is 1. The Hall–Kier alpha value is -4.01. The largest absolute Gasteiger partial charge is 0.480 e. The zero-order valence-electron chi connectivity index (χ0n) is 22.6. The number of rotatable bonds is 11. The average Bonchev–Trinajstić information content (AvgIpc) is 2.82. The summed E-state index contributed by atoms with van der Waals surface area (Å²) >= 11 is 0. The molecule has 0 radical (unpaired) electrons. The number of hydrogen-bond acceptors (Lipinski definition) is 5. The van der Waals surface area contributed by atoms with E-state index in [4.69, 9.17) is 4.74 Å². The summed E-state index contributed by atoms with van der Waals surface area (Å²) in [6.45, 7) is 8.81. The third-order valence-corrected chi connectivity index (χ3v) is 5.30. The Labute approximate surface area is 223 Å². The Kier molecular flexibility index (Phi) is 11.2. The Morgan fingerprint density at radius 1 is 0.868 bits per heavy atom. The number of benzene rings is 2. The molecule has 0 spiro atoms. The van der Waals surface area contributed by atoms with Gasteiger partial charge in [0, 0.05) is 12.8 Å². The molecule has 2 rings (SSSR count). The predicted octanol–water partition coefficient (Wildman–Crippen LogP) is 3.95. The number of aliphatic carboxylic acids is 1. The number of hydrogen-bond donors (Lipinski definition) is 3. The van der Waals surface area contributed by atoms with Gasteiger partial charge in [0.1, 0.15) is 23.4 Å². The van der Waals surface area contributed by atoms with Crippen molar-refractivity contribution in [3.8, 4) is 0 Å². The van der Waals surface area contributed by atoms with E-state index in [2.05, 4.69) is 15.6 Å². The molecule has 0 fully saturated rings. The van der Waals surface area contributed by atoms with Crippen LogP contribution in [0.4, 0.5) is 4.79 Å². The fraction of sp³-hybridized carbons (Fsp3) is 0.414. The summed E-state index contributed by atoms with van der Waals surface area (Å²) in [4.78, 5) is 55.0. The lowest BCUT2D eigenvalue weighted by molar-refractivity contribution is -0.141. The fourth-order valence-electron chi connectivity index (χ4n) is 3.60. The van der Waals surface area contributed by atoms with Crippen molar-refractivity contribution in [1.29, 1.82) is 0 Å². The zero-order chi connectivity index (χ0) is 28.3. The Bertz CT molecular complexity index is 1120. The van der Waals surface area contributed by atoms with Crippen LogP contribution in [0.1, 0.15) is 52.2 Å². The normalized spacial score (nSPS) is 13.4. The molecule has 9 heteroatoms. The molecule has 2 atom stereocenters. The highest BCUT2D eigenvalue weighted by molar-refractivity contribution is 6.41. The lowest BCUT2D eigenvalue weighted by atomic mass is 10.0. The molecule has 9 nitrogen and oxygen atoms in total. The van der Waals surface area contributed by atoms with E-state index < -0.39 is 41.6 Å². The molecular formula is C29H37N3O6. The topological polar surface area (TPSA) is 134 Å². The van der Waals surface area contributed by atoms with Crippen molar-refractivity contribution in [2.24, 2.45) is 10.9 Å². The van der Waals surface area contributed by atoms with Gasteiger partial charge in [-0.15, -0.1) is 0 Å². The predicted molar refractivity (Wildman–Crippen MR) is 145 cm³/mol. The molecule has 38 heavy (non-hydrogen) atoms. The van der Waals surface area contributed by atoms with E-state index in [0.29, 0.717) is 5.56 Å². The molecule has 0 aromatic heterocycles. The van der Waals surface area contributed by atoms with Crippen LogP contribution < -0.4 is 10.6 Å². The number of nitrogens with one attached hydrogen (secondary N) is 2. The smallest absolute Gasteiger partial charge is 0.408 e. The molecule has 0 aliphatic rings. The second-order valence-electron chi connectivity index (χ2n) is 10.4. The molecular weight excluding hydrogens is 486 g/mol. The van der Waals surface area contributed by atoms with Crippen LogP contribution >= 0.6 is 0 Å². The Morgan fingerprint density at radius 2 is 1.42 bits per heavy atom. The van der Waals surface area contributed by atoms with Crippen molar-refractivity contribution in [3.05, 3.63) is 71.8 Å². The van der Waals surface area contributed by atoms with Gasteiger partial charge in [-0.25, -0.2) is 14.6 Å². The van der Waals surface area contributed by atoms with Gasteiger partial charge in [-0.05, 0) is 44.2 Å². The van der Waals surface area contributed by atoms with Crippen LogP contribution in [0.2, 0.25) is 0 Å². The summed E-state index contributed by atoms with van der Waals surface area (Å²) < 4.78 is 5.32. The molecule has 0 saturated heterocycles. The zero-order valence-corrected chi connectivity index (χ0v) is 22.6. The summed E-state index contributed by atoms with van der Waals surface area (Å²) in [6.07, 6.45) is -0.464.